The average molecular weight is 496 g/mol. The van der Waals surface area contributed by atoms with Crippen LogP contribution in [0.1, 0.15) is 36.8 Å². The highest BCUT2D eigenvalue weighted by Crippen LogP contribution is 2.30. The highest BCUT2D eigenvalue weighted by Gasteiger charge is 2.34. The monoisotopic (exact) mass is 495 g/mol. The number of carbonyl (C=O) groups excluding carboxylic acids is 2. The predicted molar refractivity (Wildman–Crippen MR) is 132 cm³/mol. The normalized spacial score (nSPS) is 22.0. The number of amidine groups is 1. The summed E-state index contributed by atoms with van der Waals surface area (Å²) >= 11 is 0. The number of amides is 2. The number of nitrogens with one attached hydrogen (secondary N) is 1. The van der Waals surface area contributed by atoms with Gasteiger partial charge in [-0.3, -0.25) is 14.5 Å². The van der Waals surface area contributed by atoms with Crippen molar-refractivity contribution in [3.8, 4) is 0 Å². The molecule has 2 aromatic rings. The van der Waals surface area contributed by atoms with E-state index in [1.54, 1.807) is 24.3 Å². The third kappa shape index (κ3) is 4.81. The Morgan fingerprint density at radius 3 is 2.57 bits per heavy atom. The lowest BCUT2D eigenvalue weighted by Crippen LogP contribution is -2.41. The smallest absolute Gasteiger partial charge is 0.285 e. The van der Waals surface area contributed by atoms with Crippen molar-refractivity contribution in [2.75, 3.05) is 25.0 Å². The van der Waals surface area contributed by atoms with E-state index in [9.17, 15) is 18.0 Å². The lowest BCUT2D eigenvalue weighted by Gasteiger charge is -2.32. The van der Waals surface area contributed by atoms with E-state index in [-0.39, 0.29) is 28.7 Å². The van der Waals surface area contributed by atoms with Crippen LogP contribution in [0.25, 0.3) is 0 Å². The van der Waals surface area contributed by atoms with Crippen molar-refractivity contribution < 1.29 is 18.0 Å². The fraction of sp³-hybridized carbons (Fsp3) is 0.400. The molecule has 0 spiro atoms. The largest absolute Gasteiger partial charge is 0.368 e. The molecule has 2 saturated heterocycles. The molecule has 9 nitrogen and oxygen atoms in total. The van der Waals surface area contributed by atoms with Crippen LogP contribution in [0.4, 0.5) is 5.69 Å². The molecule has 2 fully saturated rings. The van der Waals surface area contributed by atoms with E-state index in [4.69, 9.17) is 5.73 Å². The fourth-order valence-corrected chi connectivity index (χ4v) is 6.46. The van der Waals surface area contributed by atoms with Crippen molar-refractivity contribution in [1.82, 2.24) is 9.80 Å². The summed E-state index contributed by atoms with van der Waals surface area (Å²) in [5.74, 6) is -0.0211. The Labute approximate surface area is 205 Å². The summed E-state index contributed by atoms with van der Waals surface area (Å²) in [6, 6.07) is 14.3. The quantitative estimate of drug-likeness (QED) is 0.653. The van der Waals surface area contributed by atoms with Gasteiger partial charge in [-0.05, 0) is 62.1 Å². The Balaban J connectivity index is 1.19. The number of anilines is 1. The average Bonchev–Trinajstić information content (AvgIpc) is 3.42. The van der Waals surface area contributed by atoms with E-state index < -0.39 is 10.0 Å². The third-order valence-electron chi connectivity index (χ3n) is 7.05. The Morgan fingerprint density at radius 2 is 1.80 bits per heavy atom. The second-order valence-corrected chi connectivity index (χ2v) is 10.9. The third-order valence-corrected chi connectivity index (χ3v) is 8.38. The number of fused-ring (bicyclic) bond motifs is 1. The summed E-state index contributed by atoms with van der Waals surface area (Å²) < 4.78 is 28.7. The number of piperidine rings is 1. The zero-order valence-electron chi connectivity index (χ0n) is 19.4. The molecular weight excluding hydrogens is 466 g/mol. The van der Waals surface area contributed by atoms with Crippen LogP contribution < -0.4 is 11.1 Å². The van der Waals surface area contributed by atoms with Crippen molar-refractivity contribution in [2.45, 2.75) is 43.2 Å². The van der Waals surface area contributed by atoms with Crippen molar-refractivity contribution >= 4 is 33.4 Å². The van der Waals surface area contributed by atoms with Gasteiger partial charge in [0, 0.05) is 36.8 Å². The molecule has 3 aliphatic rings. The van der Waals surface area contributed by atoms with E-state index in [1.807, 2.05) is 29.2 Å². The minimum absolute atomic E-state index is 0.0423. The van der Waals surface area contributed by atoms with Gasteiger partial charge in [-0.2, -0.15) is 8.42 Å². The minimum Gasteiger partial charge on any atom is -0.368 e. The topological polar surface area (TPSA) is 125 Å². The maximum Gasteiger partial charge on any atom is 0.285 e. The number of primary amides is 1. The van der Waals surface area contributed by atoms with Crippen LogP contribution in [0.5, 0.6) is 0 Å². The van der Waals surface area contributed by atoms with E-state index in [0.29, 0.717) is 43.9 Å². The number of hydrogen-bond acceptors (Lipinski definition) is 6. The lowest BCUT2D eigenvalue weighted by atomic mass is 9.95. The van der Waals surface area contributed by atoms with Gasteiger partial charge < -0.3 is 16.0 Å². The number of nitrogens with zero attached hydrogens (tertiary/aromatic N) is 3. The summed E-state index contributed by atoms with van der Waals surface area (Å²) in [6.07, 6.45) is 2.96. The maximum absolute atomic E-state index is 13.0. The first-order valence-corrected chi connectivity index (χ1v) is 13.4. The van der Waals surface area contributed by atoms with E-state index in [2.05, 4.69) is 14.6 Å². The zero-order chi connectivity index (χ0) is 24.6. The van der Waals surface area contributed by atoms with Gasteiger partial charge in [0.2, 0.25) is 11.8 Å². The van der Waals surface area contributed by atoms with E-state index in [0.717, 1.165) is 30.6 Å². The van der Waals surface area contributed by atoms with Gasteiger partial charge in [0.15, 0.2) is 5.84 Å². The van der Waals surface area contributed by atoms with Gasteiger partial charge in [-0.15, -0.1) is 4.40 Å². The molecule has 1 unspecified atom stereocenters. The number of carbonyl (C=O) groups is 2. The summed E-state index contributed by atoms with van der Waals surface area (Å²) in [5, 5.41) is 3.03. The van der Waals surface area contributed by atoms with Crippen LogP contribution >= 0.6 is 0 Å². The predicted octanol–water partition coefficient (Wildman–Crippen LogP) is 1.94. The molecule has 5 rings (SSSR count). The first-order valence-electron chi connectivity index (χ1n) is 11.9. The SMILES string of the molecule is NC(=O)C1CCCN1Cc1cccc(NC(=O)C2CCN(C3=NS(=O)(=O)c4ccccc43)CC2)c1. The van der Waals surface area contributed by atoms with Crippen LogP contribution in [0, 0.1) is 5.92 Å². The molecule has 2 aromatic carbocycles. The summed E-state index contributed by atoms with van der Waals surface area (Å²) in [6.45, 7) is 2.57. The molecule has 0 saturated carbocycles. The molecular formula is C25H29N5O4S. The Bertz CT molecular complexity index is 1280. The summed E-state index contributed by atoms with van der Waals surface area (Å²) in [7, 11) is -3.66. The van der Waals surface area contributed by atoms with Crippen molar-refractivity contribution in [3.05, 3.63) is 59.7 Å². The Hall–Kier alpha value is -3.24. The number of hydrogen-bond donors (Lipinski definition) is 2. The van der Waals surface area contributed by atoms with Gasteiger partial charge in [-0.1, -0.05) is 24.3 Å². The highest BCUT2D eigenvalue weighted by atomic mass is 32.2. The lowest BCUT2D eigenvalue weighted by molar-refractivity contribution is -0.122. The molecule has 184 valence electrons. The Kier molecular flexibility index (Phi) is 6.33. The number of benzene rings is 2. The molecule has 0 aromatic heterocycles. The highest BCUT2D eigenvalue weighted by molar-refractivity contribution is 7.90. The van der Waals surface area contributed by atoms with E-state index >= 15 is 0 Å². The summed E-state index contributed by atoms with van der Waals surface area (Å²) in [5.41, 5.74) is 7.90. The van der Waals surface area contributed by atoms with E-state index in [1.165, 1.54) is 0 Å². The second kappa shape index (κ2) is 9.43. The molecule has 10 heteroatoms. The Morgan fingerprint density at radius 1 is 1.03 bits per heavy atom. The second-order valence-electron chi connectivity index (χ2n) is 9.37. The summed E-state index contributed by atoms with van der Waals surface area (Å²) in [4.78, 5) is 28.9. The van der Waals surface area contributed by atoms with Crippen LogP contribution in [0.15, 0.2) is 57.8 Å². The number of likely N-dealkylation sites (tertiary alicyclic amines) is 2. The fourth-order valence-electron chi connectivity index (χ4n) is 5.23. The van der Waals surface area contributed by atoms with Crippen LogP contribution in [0.2, 0.25) is 0 Å². The van der Waals surface area contributed by atoms with Crippen molar-refractivity contribution in [1.29, 1.82) is 0 Å². The van der Waals surface area contributed by atoms with Gasteiger partial charge >= 0.3 is 0 Å². The molecule has 3 aliphatic heterocycles. The number of nitrogens with two attached hydrogens (primary N) is 1. The maximum atomic E-state index is 13.0. The van der Waals surface area contributed by atoms with Gasteiger partial charge in [0.1, 0.15) is 4.90 Å². The van der Waals surface area contributed by atoms with Gasteiger partial charge in [0.05, 0.1) is 6.04 Å². The first-order chi connectivity index (χ1) is 16.8. The molecule has 0 bridgehead atoms. The van der Waals surface area contributed by atoms with Crippen molar-refractivity contribution in [2.24, 2.45) is 16.0 Å². The van der Waals surface area contributed by atoms with Crippen LogP contribution in [-0.4, -0.2) is 61.5 Å². The number of rotatable bonds is 5. The molecule has 3 N–H and O–H groups in total. The van der Waals surface area contributed by atoms with Crippen molar-refractivity contribution in [3.63, 3.8) is 0 Å². The standard InChI is InChI=1S/C25H29N5O4S/c26-23(31)21-8-4-12-30(21)16-17-5-3-6-19(15-17)27-25(32)18-10-13-29(14-11-18)24-20-7-1-2-9-22(20)35(33,34)28-24/h1-3,5-7,9,15,18,21H,4,8,10-14,16H2,(H2,26,31)(H,27,32). The first kappa shape index (κ1) is 23.5. The molecule has 0 radical (unpaired) electrons. The number of sulfonamides is 1. The molecule has 0 aliphatic carbocycles. The molecule has 3 heterocycles. The molecule has 35 heavy (non-hydrogen) atoms. The zero-order valence-corrected chi connectivity index (χ0v) is 20.2. The molecule has 2 amide bonds. The van der Waals surface area contributed by atoms with Gasteiger partial charge in [-0.25, -0.2) is 0 Å². The molecule has 1 atom stereocenters. The van der Waals surface area contributed by atoms with Gasteiger partial charge in [0.25, 0.3) is 10.0 Å². The minimum atomic E-state index is -3.66. The van der Waals surface area contributed by atoms with Crippen LogP contribution in [-0.2, 0) is 26.2 Å². The van der Waals surface area contributed by atoms with Crippen LogP contribution in [0.3, 0.4) is 0 Å².